The van der Waals surface area contributed by atoms with Gasteiger partial charge < -0.3 is 4.98 Å². The second-order valence-electron chi connectivity index (χ2n) is 1.95. The molecule has 0 aromatic carbocycles. The first-order valence-corrected chi connectivity index (χ1v) is 3.40. The van der Waals surface area contributed by atoms with Gasteiger partial charge in [0.05, 0.1) is 0 Å². The van der Waals surface area contributed by atoms with Crippen molar-refractivity contribution in [2.24, 2.45) is 0 Å². The van der Waals surface area contributed by atoms with Gasteiger partial charge in [0.2, 0.25) is 0 Å². The molecule has 1 aromatic rings. The number of aromatic nitrogens is 2. The number of rotatable bonds is 2. The van der Waals surface area contributed by atoms with Gasteiger partial charge in [0.1, 0.15) is 0 Å². The van der Waals surface area contributed by atoms with Crippen LogP contribution >= 0.6 is 11.6 Å². The summed E-state index contributed by atoms with van der Waals surface area (Å²) in [5, 5.41) is 0.485. The highest BCUT2D eigenvalue weighted by atomic mass is 35.5. The minimum atomic E-state index is 0.485. The lowest BCUT2D eigenvalue weighted by Crippen LogP contribution is -1.79. The second kappa shape index (κ2) is 2.87. The van der Waals surface area contributed by atoms with Crippen molar-refractivity contribution in [1.29, 1.82) is 0 Å². The second-order valence-corrected chi connectivity index (χ2v) is 2.31. The highest BCUT2D eigenvalue weighted by Crippen LogP contribution is 2.03. The van der Waals surface area contributed by atoms with E-state index in [9.17, 15) is 0 Å². The first-order chi connectivity index (χ1) is 4.33. The van der Waals surface area contributed by atoms with Crippen molar-refractivity contribution in [3.8, 4) is 0 Å². The van der Waals surface area contributed by atoms with Gasteiger partial charge in [-0.05, 0) is 18.0 Å². The fourth-order valence-electron chi connectivity index (χ4n) is 0.728. The summed E-state index contributed by atoms with van der Waals surface area (Å²) < 4.78 is 0. The van der Waals surface area contributed by atoms with Crippen LogP contribution in [0.5, 0.6) is 0 Å². The Morgan fingerprint density at radius 2 is 2.56 bits per heavy atom. The number of imidazole rings is 1. The number of H-pyrrole nitrogens is 1. The van der Waals surface area contributed by atoms with Crippen molar-refractivity contribution in [3.63, 3.8) is 0 Å². The summed E-state index contributed by atoms with van der Waals surface area (Å²) in [6.07, 6.45) is 3.92. The molecule has 0 atom stereocenters. The van der Waals surface area contributed by atoms with Gasteiger partial charge in [0.15, 0.2) is 5.28 Å². The van der Waals surface area contributed by atoms with Crippen molar-refractivity contribution in [1.82, 2.24) is 9.97 Å². The molecule has 0 fully saturated rings. The van der Waals surface area contributed by atoms with Gasteiger partial charge >= 0.3 is 0 Å². The van der Waals surface area contributed by atoms with Gasteiger partial charge in [-0.3, -0.25) is 0 Å². The summed E-state index contributed by atoms with van der Waals surface area (Å²) in [5.41, 5.74) is 1.11. The Morgan fingerprint density at radius 1 is 1.78 bits per heavy atom. The largest absolute Gasteiger partial charge is 0.333 e. The Labute approximate surface area is 59.3 Å². The molecule has 0 unspecified atom stereocenters. The molecular formula is C6H9ClN2. The molecule has 50 valence electrons. The van der Waals surface area contributed by atoms with Crippen molar-refractivity contribution in [2.75, 3.05) is 0 Å². The summed E-state index contributed by atoms with van der Waals surface area (Å²) in [7, 11) is 0. The smallest absolute Gasteiger partial charge is 0.200 e. The summed E-state index contributed by atoms with van der Waals surface area (Å²) in [4.78, 5) is 6.78. The molecule has 2 nitrogen and oxygen atoms in total. The molecule has 1 aromatic heterocycles. The molecule has 1 N–H and O–H groups in total. The lowest BCUT2D eigenvalue weighted by molar-refractivity contribution is 0.892. The van der Waals surface area contributed by atoms with E-state index in [4.69, 9.17) is 11.6 Å². The van der Waals surface area contributed by atoms with Crippen LogP contribution < -0.4 is 0 Å². The number of hydrogen-bond donors (Lipinski definition) is 1. The Bertz CT molecular complexity index is 183. The average molecular weight is 145 g/mol. The maximum atomic E-state index is 5.53. The first-order valence-electron chi connectivity index (χ1n) is 3.02. The van der Waals surface area contributed by atoms with Crippen LogP contribution in [-0.4, -0.2) is 9.97 Å². The number of nitrogens with one attached hydrogen (secondary N) is 1. The minimum Gasteiger partial charge on any atom is -0.333 e. The fraction of sp³-hybridized carbons (Fsp3) is 0.500. The summed E-state index contributed by atoms with van der Waals surface area (Å²) in [5.74, 6) is 0. The molecule has 0 amide bonds. The molecule has 0 radical (unpaired) electrons. The number of halogens is 1. The Balaban J connectivity index is 2.61. The van der Waals surface area contributed by atoms with Crippen molar-refractivity contribution in [3.05, 3.63) is 17.2 Å². The first kappa shape index (κ1) is 6.62. The Kier molecular flexibility index (Phi) is 2.11. The topological polar surface area (TPSA) is 28.7 Å². The van der Waals surface area contributed by atoms with Crippen LogP contribution in [0, 0.1) is 0 Å². The van der Waals surface area contributed by atoms with E-state index in [2.05, 4.69) is 16.9 Å². The molecule has 0 saturated carbocycles. The normalized spacial score (nSPS) is 10.0. The molecule has 1 rings (SSSR count). The van der Waals surface area contributed by atoms with E-state index in [0.717, 1.165) is 18.5 Å². The van der Waals surface area contributed by atoms with Crippen LogP contribution in [0.1, 0.15) is 19.0 Å². The lowest BCUT2D eigenvalue weighted by Gasteiger charge is -1.86. The minimum absolute atomic E-state index is 0.485. The van der Waals surface area contributed by atoms with Crippen LogP contribution in [-0.2, 0) is 6.42 Å². The third-order valence-corrected chi connectivity index (χ3v) is 1.31. The third kappa shape index (κ3) is 1.72. The molecule has 0 aliphatic heterocycles. The molecule has 0 aliphatic rings. The van der Waals surface area contributed by atoms with Gasteiger partial charge in [0.25, 0.3) is 0 Å². The summed E-state index contributed by atoms with van der Waals surface area (Å²) in [6, 6.07) is 0. The van der Waals surface area contributed by atoms with Crippen LogP contribution in [0.3, 0.4) is 0 Å². The van der Waals surface area contributed by atoms with Crippen molar-refractivity contribution in [2.45, 2.75) is 19.8 Å². The highest BCUT2D eigenvalue weighted by molar-refractivity contribution is 6.28. The maximum absolute atomic E-state index is 5.53. The quantitative estimate of drug-likeness (QED) is 0.676. The molecule has 9 heavy (non-hydrogen) atoms. The van der Waals surface area contributed by atoms with Gasteiger partial charge in [-0.1, -0.05) is 13.3 Å². The van der Waals surface area contributed by atoms with Crippen LogP contribution in [0.4, 0.5) is 0 Å². The monoisotopic (exact) mass is 144 g/mol. The zero-order chi connectivity index (χ0) is 6.69. The van der Waals surface area contributed by atoms with E-state index in [0.29, 0.717) is 5.28 Å². The fourth-order valence-corrected chi connectivity index (χ4v) is 0.898. The molecule has 1 heterocycles. The number of aryl methyl sites for hydroxylation is 1. The molecule has 0 saturated heterocycles. The molecule has 0 bridgehead atoms. The van der Waals surface area contributed by atoms with Gasteiger partial charge in [-0.15, -0.1) is 0 Å². The molecule has 0 spiro atoms. The third-order valence-electron chi connectivity index (χ3n) is 1.12. The maximum Gasteiger partial charge on any atom is 0.200 e. The molecular weight excluding hydrogens is 136 g/mol. The van der Waals surface area contributed by atoms with Gasteiger partial charge in [0, 0.05) is 11.9 Å². The molecule has 3 heteroatoms. The summed E-state index contributed by atoms with van der Waals surface area (Å²) in [6.45, 7) is 2.12. The van der Waals surface area contributed by atoms with E-state index in [1.54, 1.807) is 6.20 Å². The standard InChI is InChI=1S/C6H9ClN2/c1-2-3-5-4-8-6(7)9-5/h4H,2-3H2,1H3,(H,8,9). The van der Waals surface area contributed by atoms with Crippen molar-refractivity contribution < 1.29 is 0 Å². The van der Waals surface area contributed by atoms with Crippen molar-refractivity contribution >= 4 is 11.6 Å². The Morgan fingerprint density at radius 3 is 3.00 bits per heavy atom. The van der Waals surface area contributed by atoms with E-state index < -0.39 is 0 Å². The predicted molar refractivity (Wildman–Crippen MR) is 37.6 cm³/mol. The number of nitrogens with zero attached hydrogens (tertiary/aromatic N) is 1. The Hall–Kier alpha value is -0.500. The van der Waals surface area contributed by atoms with Gasteiger partial charge in [-0.2, -0.15) is 0 Å². The van der Waals surface area contributed by atoms with Crippen LogP contribution in [0.15, 0.2) is 6.20 Å². The molecule has 0 aliphatic carbocycles. The number of aromatic amines is 1. The summed E-state index contributed by atoms with van der Waals surface area (Å²) >= 11 is 5.53. The average Bonchev–Trinajstić information content (AvgIpc) is 2.17. The zero-order valence-corrected chi connectivity index (χ0v) is 6.07. The lowest BCUT2D eigenvalue weighted by atomic mass is 10.3. The number of hydrogen-bond acceptors (Lipinski definition) is 1. The zero-order valence-electron chi connectivity index (χ0n) is 5.32. The van der Waals surface area contributed by atoms with E-state index in [-0.39, 0.29) is 0 Å². The van der Waals surface area contributed by atoms with E-state index in [1.807, 2.05) is 0 Å². The van der Waals surface area contributed by atoms with Crippen LogP contribution in [0.25, 0.3) is 0 Å². The van der Waals surface area contributed by atoms with Gasteiger partial charge in [-0.25, -0.2) is 4.98 Å². The SMILES string of the molecule is CCCc1cnc(Cl)[nH]1. The van der Waals surface area contributed by atoms with E-state index in [1.165, 1.54) is 0 Å². The predicted octanol–water partition coefficient (Wildman–Crippen LogP) is 2.02. The van der Waals surface area contributed by atoms with E-state index >= 15 is 0 Å². The highest BCUT2D eigenvalue weighted by Gasteiger charge is 1.93. The van der Waals surface area contributed by atoms with Crippen LogP contribution in [0.2, 0.25) is 5.28 Å².